The van der Waals surface area contributed by atoms with Gasteiger partial charge >= 0.3 is 0 Å². The predicted molar refractivity (Wildman–Crippen MR) is 111 cm³/mol. The maximum Gasteiger partial charge on any atom is 0.271 e. The SMILES string of the molecule is Cc1cc(=O)n(CC(=O)Nc2cccc([N+](=O)[O-])c2)c(SCc2ccccc2)n1. The van der Waals surface area contributed by atoms with Gasteiger partial charge in [0.15, 0.2) is 5.16 Å². The Morgan fingerprint density at radius 2 is 1.93 bits per heavy atom. The van der Waals surface area contributed by atoms with E-state index in [1.165, 1.54) is 40.6 Å². The zero-order valence-electron chi connectivity index (χ0n) is 15.6. The fourth-order valence-electron chi connectivity index (χ4n) is 2.61. The third-order valence-electron chi connectivity index (χ3n) is 3.95. The van der Waals surface area contributed by atoms with E-state index < -0.39 is 10.8 Å². The lowest BCUT2D eigenvalue weighted by Crippen LogP contribution is -2.29. The van der Waals surface area contributed by atoms with Gasteiger partial charge in [-0.25, -0.2) is 4.98 Å². The number of nitro groups is 1. The van der Waals surface area contributed by atoms with Gasteiger partial charge in [-0.3, -0.25) is 24.3 Å². The number of benzene rings is 2. The number of aromatic nitrogens is 2. The van der Waals surface area contributed by atoms with Crippen molar-refractivity contribution in [2.45, 2.75) is 24.4 Å². The van der Waals surface area contributed by atoms with Crippen molar-refractivity contribution in [3.63, 3.8) is 0 Å². The number of amides is 1. The van der Waals surface area contributed by atoms with E-state index in [1.54, 1.807) is 13.0 Å². The summed E-state index contributed by atoms with van der Waals surface area (Å²) >= 11 is 1.37. The van der Waals surface area contributed by atoms with Gasteiger partial charge in [-0.15, -0.1) is 0 Å². The van der Waals surface area contributed by atoms with Crippen molar-refractivity contribution in [2.24, 2.45) is 0 Å². The highest BCUT2D eigenvalue weighted by molar-refractivity contribution is 7.98. The number of rotatable bonds is 7. The van der Waals surface area contributed by atoms with Crippen LogP contribution in [0.4, 0.5) is 11.4 Å². The second-order valence-electron chi connectivity index (χ2n) is 6.23. The van der Waals surface area contributed by atoms with E-state index in [9.17, 15) is 19.7 Å². The van der Waals surface area contributed by atoms with E-state index in [1.807, 2.05) is 30.3 Å². The standard InChI is InChI=1S/C20H18N4O4S/c1-14-10-19(26)23(20(21-14)29-13-15-6-3-2-4-7-15)12-18(25)22-16-8-5-9-17(11-16)24(27)28/h2-11H,12-13H2,1H3,(H,22,25). The number of anilines is 1. The molecule has 3 aromatic rings. The van der Waals surface area contributed by atoms with Crippen LogP contribution in [0.15, 0.2) is 70.6 Å². The Labute approximate surface area is 170 Å². The number of aryl methyl sites for hydroxylation is 1. The highest BCUT2D eigenvalue weighted by Crippen LogP contribution is 2.21. The lowest BCUT2D eigenvalue weighted by Gasteiger charge is -2.12. The van der Waals surface area contributed by atoms with E-state index in [2.05, 4.69) is 10.3 Å². The molecular weight excluding hydrogens is 392 g/mol. The molecular formula is C20H18N4O4S. The summed E-state index contributed by atoms with van der Waals surface area (Å²) in [6.45, 7) is 1.48. The summed E-state index contributed by atoms with van der Waals surface area (Å²) in [6, 6.07) is 16.7. The zero-order valence-corrected chi connectivity index (χ0v) is 16.4. The van der Waals surface area contributed by atoms with E-state index in [-0.39, 0.29) is 23.5 Å². The molecule has 1 amide bonds. The first-order valence-electron chi connectivity index (χ1n) is 8.72. The summed E-state index contributed by atoms with van der Waals surface area (Å²) in [5, 5.41) is 13.9. The minimum Gasteiger partial charge on any atom is -0.324 e. The van der Waals surface area contributed by atoms with Gasteiger partial charge in [0.05, 0.1) is 4.92 Å². The third kappa shape index (κ3) is 5.52. The van der Waals surface area contributed by atoms with Crippen molar-refractivity contribution in [2.75, 3.05) is 5.32 Å². The molecule has 1 heterocycles. The lowest BCUT2D eigenvalue weighted by molar-refractivity contribution is -0.384. The largest absolute Gasteiger partial charge is 0.324 e. The molecule has 0 aliphatic heterocycles. The molecule has 29 heavy (non-hydrogen) atoms. The van der Waals surface area contributed by atoms with Crippen molar-refractivity contribution in [1.82, 2.24) is 9.55 Å². The van der Waals surface area contributed by atoms with Crippen LogP contribution in [0.3, 0.4) is 0 Å². The maximum atomic E-state index is 12.4. The molecule has 0 aliphatic rings. The Bertz CT molecular complexity index is 1100. The molecule has 0 fully saturated rings. The van der Waals surface area contributed by atoms with Gasteiger partial charge in [-0.1, -0.05) is 48.2 Å². The van der Waals surface area contributed by atoms with Crippen molar-refractivity contribution in [1.29, 1.82) is 0 Å². The first kappa shape index (κ1) is 20.3. The van der Waals surface area contributed by atoms with Gasteiger partial charge in [0, 0.05) is 35.3 Å². The Balaban J connectivity index is 1.77. The van der Waals surface area contributed by atoms with Crippen LogP contribution < -0.4 is 10.9 Å². The summed E-state index contributed by atoms with van der Waals surface area (Å²) < 4.78 is 1.30. The average molecular weight is 410 g/mol. The first-order valence-corrected chi connectivity index (χ1v) is 9.70. The summed E-state index contributed by atoms with van der Waals surface area (Å²) in [7, 11) is 0. The van der Waals surface area contributed by atoms with Crippen LogP contribution in [0.25, 0.3) is 0 Å². The van der Waals surface area contributed by atoms with Crippen LogP contribution in [-0.4, -0.2) is 20.4 Å². The van der Waals surface area contributed by atoms with Gasteiger partial charge in [0.25, 0.3) is 11.2 Å². The van der Waals surface area contributed by atoms with E-state index in [0.29, 0.717) is 16.6 Å². The number of thioether (sulfide) groups is 1. The van der Waals surface area contributed by atoms with Gasteiger partial charge in [-0.2, -0.15) is 0 Å². The molecule has 3 rings (SSSR count). The van der Waals surface area contributed by atoms with Crippen LogP contribution >= 0.6 is 11.8 Å². The quantitative estimate of drug-likeness (QED) is 0.277. The minimum atomic E-state index is -0.539. The molecule has 0 unspecified atom stereocenters. The molecule has 0 aliphatic carbocycles. The fourth-order valence-corrected chi connectivity index (χ4v) is 3.62. The van der Waals surface area contributed by atoms with E-state index in [0.717, 1.165) is 5.56 Å². The van der Waals surface area contributed by atoms with E-state index in [4.69, 9.17) is 0 Å². The van der Waals surface area contributed by atoms with Crippen LogP contribution in [0.1, 0.15) is 11.3 Å². The first-order chi connectivity index (χ1) is 13.9. The maximum absolute atomic E-state index is 12.4. The average Bonchev–Trinajstić information content (AvgIpc) is 2.69. The molecule has 0 saturated heterocycles. The second kappa shape index (κ2) is 9.16. The summed E-state index contributed by atoms with van der Waals surface area (Å²) in [4.78, 5) is 39.6. The van der Waals surface area contributed by atoms with Gasteiger partial charge in [0.2, 0.25) is 5.91 Å². The van der Waals surface area contributed by atoms with Crippen LogP contribution in [0.2, 0.25) is 0 Å². The number of hydrogen-bond acceptors (Lipinski definition) is 6. The molecule has 0 saturated carbocycles. The molecule has 0 spiro atoms. The lowest BCUT2D eigenvalue weighted by atomic mass is 10.2. The number of nitrogens with zero attached hydrogens (tertiary/aromatic N) is 3. The number of nitrogens with one attached hydrogen (secondary N) is 1. The molecule has 1 N–H and O–H groups in total. The molecule has 1 aromatic heterocycles. The second-order valence-corrected chi connectivity index (χ2v) is 7.18. The third-order valence-corrected chi connectivity index (χ3v) is 5.00. The molecule has 2 aromatic carbocycles. The molecule has 8 nitrogen and oxygen atoms in total. The van der Waals surface area contributed by atoms with E-state index >= 15 is 0 Å². The highest BCUT2D eigenvalue weighted by Gasteiger charge is 2.14. The molecule has 0 atom stereocenters. The Kier molecular flexibility index (Phi) is 6.40. The van der Waals surface area contributed by atoms with Gasteiger partial charge in [0.1, 0.15) is 6.54 Å². The van der Waals surface area contributed by atoms with Gasteiger partial charge in [-0.05, 0) is 18.6 Å². The van der Waals surface area contributed by atoms with Crippen molar-refractivity contribution in [3.05, 3.63) is 92.4 Å². The van der Waals surface area contributed by atoms with Crippen molar-refractivity contribution >= 4 is 29.0 Å². The Morgan fingerprint density at radius 1 is 1.17 bits per heavy atom. The number of hydrogen-bond donors (Lipinski definition) is 1. The topological polar surface area (TPSA) is 107 Å². The smallest absolute Gasteiger partial charge is 0.271 e. The van der Waals surface area contributed by atoms with Crippen LogP contribution in [-0.2, 0) is 17.1 Å². The fraction of sp³-hybridized carbons (Fsp3) is 0.150. The van der Waals surface area contributed by atoms with Crippen molar-refractivity contribution in [3.8, 4) is 0 Å². The molecule has 9 heteroatoms. The minimum absolute atomic E-state index is 0.129. The zero-order chi connectivity index (χ0) is 20.8. The predicted octanol–water partition coefficient (Wildman–Crippen LogP) is 3.39. The summed E-state index contributed by atoms with van der Waals surface area (Å²) in [6.07, 6.45) is 0. The monoisotopic (exact) mass is 410 g/mol. The summed E-state index contributed by atoms with van der Waals surface area (Å²) in [5.41, 5.74) is 1.47. The number of non-ortho nitro benzene ring substituents is 1. The van der Waals surface area contributed by atoms with Crippen LogP contribution in [0.5, 0.6) is 0 Å². The van der Waals surface area contributed by atoms with Gasteiger partial charge < -0.3 is 5.32 Å². The Morgan fingerprint density at radius 3 is 2.66 bits per heavy atom. The summed E-state index contributed by atoms with van der Waals surface area (Å²) in [5.74, 6) is 0.128. The van der Waals surface area contributed by atoms with Crippen LogP contribution in [0, 0.1) is 17.0 Å². The molecule has 0 radical (unpaired) electrons. The number of carbonyl (C=O) groups is 1. The number of carbonyl (C=O) groups excluding carboxylic acids is 1. The Hall–Kier alpha value is -3.46. The van der Waals surface area contributed by atoms with Crippen molar-refractivity contribution < 1.29 is 9.72 Å². The highest BCUT2D eigenvalue weighted by atomic mass is 32.2. The normalized spacial score (nSPS) is 10.5. The molecule has 148 valence electrons. The number of nitro benzene ring substituents is 1. The molecule has 0 bridgehead atoms.